The molecule has 0 heterocycles. The van der Waals surface area contributed by atoms with Gasteiger partial charge in [-0.05, 0) is 123 Å². The van der Waals surface area contributed by atoms with Gasteiger partial charge in [0.05, 0.1) is 17.8 Å². The SMILES string of the molecule is C=C1/C(=C\C=C2/CCC[C@@]3(C)[C@H]2CC[C@@]32C[C@@H]2C#CCC(C)(C)OCOC)C[C@@H](O[Si](C)(C)C(C)(C)C)C[C@@H]1O[Si](C)(C)C(C)(C)C. The van der Waals surface area contributed by atoms with E-state index in [9.17, 15) is 0 Å². The van der Waals surface area contributed by atoms with Crippen molar-refractivity contribution in [2.24, 2.45) is 22.7 Å². The summed E-state index contributed by atoms with van der Waals surface area (Å²) in [7, 11) is -2.25. The summed E-state index contributed by atoms with van der Waals surface area (Å²) in [6, 6.07) is 0. The van der Waals surface area contributed by atoms with E-state index in [-0.39, 0.29) is 27.9 Å². The number of rotatable bonds is 9. The van der Waals surface area contributed by atoms with Crippen LogP contribution in [0.5, 0.6) is 0 Å². The molecule has 0 unspecified atom stereocenters. The molecule has 4 nitrogen and oxygen atoms in total. The first-order valence-electron chi connectivity index (χ1n) is 18.5. The van der Waals surface area contributed by atoms with E-state index in [1.807, 2.05) is 0 Å². The Kier molecular flexibility index (Phi) is 11.3. The smallest absolute Gasteiger partial charge is 0.192 e. The van der Waals surface area contributed by atoms with Crippen LogP contribution in [0.2, 0.25) is 36.3 Å². The standard InChI is InChI=1S/C41H70O4Si2/c1-30-32(26-34(44-46(12,13)37(2,3)4)27-36(30)45-47(14,15)38(5,6)7)21-20-31-18-16-24-40(10)35(31)22-25-41(40)28-33(41)19-17-23-39(8,9)43-29-42-11/h20-21,33-36H,1,16,18,22-29H2,2-15H3/b31-20+,32-21-/t33-,34+,35-,36-,40-,41-/m0/s1. The maximum atomic E-state index is 7.10. The Labute approximate surface area is 292 Å². The van der Waals surface area contributed by atoms with Crippen LogP contribution in [0.4, 0.5) is 0 Å². The van der Waals surface area contributed by atoms with Crippen LogP contribution in [0.15, 0.2) is 35.5 Å². The lowest BCUT2D eigenvalue weighted by molar-refractivity contribution is -0.111. The molecule has 4 fully saturated rings. The van der Waals surface area contributed by atoms with Crippen molar-refractivity contribution in [1.82, 2.24) is 0 Å². The van der Waals surface area contributed by atoms with E-state index in [2.05, 4.69) is 112 Å². The molecule has 0 aromatic heterocycles. The van der Waals surface area contributed by atoms with Crippen LogP contribution >= 0.6 is 0 Å². The van der Waals surface area contributed by atoms with Gasteiger partial charge in [0, 0.05) is 25.9 Å². The molecule has 0 N–H and O–H groups in total. The molecule has 0 aromatic carbocycles. The zero-order chi connectivity index (χ0) is 35.3. The summed E-state index contributed by atoms with van der Waals surface area (Å²) < 4.78 is 25.1. The number of fused-ring (bicyclic) bond motifs is 2. The Bertz CT molecular complexity index is 1280. The molecule has 0 saturated heterocycles. The summed E-state index contributed by atoms with van der Waals surface area (Å²) in [4.78, 5) is 0. The van der Waals surface area contributed by atoms with Gasteiger partial charge in [-0.3, -0.25) is 0 Å². The fourth-order valence-corrected chi connectivity index (χ4v) is 10.9. The molecule has 4 rings (SSSR count). The number of hydrogen-bond acceptors (Lipinski definition) is 4. The number of ether oxygens (including phenoxy) is 2. The molecular weight excluding hydrogens is 613 g/mol. The highest BCUT2D eigenvalue weighted by molar-refractivity contribution is 6.74. The normalized spacial score (nSPS) is 33.7. The fourth-order valence-electron chi connectivity index (χ4n) is 8.23. The van der Waals surface area contributed by atoms with Crippen molar-refractivity contribution in [3.05, 3.63) is 35.5 Å². The third-order valence-corrected chi connectivity index (χ3v) is 22.6. The van der Waals surface area contributed by atoms with Crippen molar-refractivity contribution < 1.29 is 18.3 Å². The van der Waals surface area contributed by atoms with Gasteiger partial charge in [-0.25, -0.2) is 0 Å². The fraction of sp³-hybridized carbons (Fsp3) is 0.805. The molecule has 0 aromatic rings. The Morgan fingerprint density at radius 3 is 2.19 bits per heavy atom. The van der Waals surface area contributed by atoms with E-state index in [1.165, 1.54) is 49.7 Å². The monoisotopic (exact) mass is 682 g/mol. The summed E-state index contributed by atoms with van der Waals surface area (Å²) in [5, 5.41) is 0.323. The summed E-state index contributed by atoms with van der Waals surface area (Å²) in [5.41, 5.74) is 4.60. The maximum absolute atomic E-state index is 7.10. The second-order valence-electron chi connectivity index (χ2n) is 19.3. The molecule has 1 spiro atoms. The predicted molar refractivity (Wildman–Crippen MR) is 203 cm³/mol. The molecule has 47 heavy (non-hydrogen) atoms. The van der Waals surface area contributed by atoms with Crippen LogP contribution < -0.4 is 0 Å². The van der Waals surface area contributed by atoms with E-state index in [0.717, 1.165) is 19.3 Å². The van der Waals surface area contributed by atoms with Gasteiger partial charge in [-0.2, -0.15) is 0 Å². The Hall–Kier alpha value is -0.946. The molecule has 266 valence electrons. The number of allylic oxidation sites excluding steroid dienone is 3. The highest BCUT2D eigenvalue weighted by Crippen LogP contribution is 2.76. The third kappa shape index (κ3) is 8.18. The second-order valence-corrected chi connectivity index (χ2v) is 28.9. The number of hydrogen-bond donors (Lipinski definition) is 0. The van der Waals surface area contributed by atoms with Crippen molar-refractivity contribution in [1.29, 1.82) is 0 Å². The van der Waals surface area contributed by atoms with Gasteiger partial charge < -0.3 is 18.3 Å². The van der Waals surface area contributed by atoms with E-state index < -0.39 is 16.6 Å². The molecule has 0 amide bonds. The molecule has 6 atom stereocenters. The van der Waals surface area contributed by atoms with Crippen LogP contribution in [0.25, 0.3) is 0 Å². The highest BCUT2D eigenvalue weighted by atomic mass is 28.4. The zero-order valence-corrected chi connectivity index (χ0v) is 34.9. The van der Waals surface area contributed by atoms with Crippen molar-refractivity contribution >= 4 is 16.6 Å². The Balaban J connectivity index is 1.56. The lowest BCUT2D eigenvalue weighted by atomic mass is 9.61. The quantitative estimate of drug-likeness (QED) is 0.138. The molecular formula is C41H70O4Si2. The second kappa shape index (κ2) is 13.6. The van der Waals surface area contributed by atoms with Crippen LogP contribution in [0.3, 0.4) is 0 Å². The number of methoxy groups -OCH3 is 1. The van der Waals surface area contributed by atoms with E-state index in [1.54, 1.807) is 12.7 Å². The van der Waals surface area contributed by atoms with Gasteiger partial charge in [0.15, 0.2) is 16.6 Å². The van der Waals surface area contributed by atoms with E-state index in [0.29, 0.717) is 29.5 Å². The van der Waals surface area contributed by atoms with Gasteiger partial charge in [0.1, 0.15) is 6.79 Å². The minimum absolute atomic E-state index is 0.0195. The lowest BCUT2D eigenvalue weighted by Crippen LogP contribution is -2.49. The maximum Gasteiger partial charge on any atom is 0.192 e. The largest absolute Gasteiger partial charge is 0.413 e. The van der Waals surface area contributed by atoms with E-state index in [4.69, 9.17) is 24.9 Å². The van der Waals surface area contributed by atoms with E-state index >= 15 is 0 Å². The average Bonchev–Trinajstić information content (AvgIpc) is 3.56. The van der Waals surface area contributed by atoms with Gasteiger partial charge >= 0.3 is 0 Å². The minimum atomic E-state index is -1.98. The van der Waals surface area contributed by atoms with Gasteiger partial charge in [0.25, 0.3) is 0 Å². The summed E-state index contributed by atoms with van der Waals surface area (Å²) in [6.45, 7) is 35.3. The molecule has 4 saturated carbocycles. The predicted octanol–water partition coefficient (Wildman–Crippen LogP) is 11.4. The first kappa shape index (κ1) is 38.8. The Morgan fingerprint density at radius 2 is 1.57 bits per heavy atom. The molecule has 0 bridgehead atoms. The highest BCUT2D eigenvalue weighted by Gasteiger charge is 2.69. The van der Waals surface area contributed by atoms with Gasteiger partial charge in [0.2, 0.25) is 0 Å². The van der Waals surface area contributed by atoms with Crippen LogP contribution in [-0.2, 0) is 18.3 Å². The first-order valence-corrected chi connectivity index (χ1v) is 24.4. The molecule has 4 aliphatic rings. The third-order valence-electron chi connectivity index (χ3n) is 13.6. The average molecular weight is 683 g/mol. The molecule has 6 heteroatoms. The topological polar surface area (TPSA) is 36.9 Å². The first-order chi connectivity index (χ1) is 21.5. The molecule has 4 aliphatic carbocycles. The van der Waals surface area contributed by atoms with Crippen molar-refractivity contribution in [2.45, 2.75) is 174 Å². The lowest BCUT2D eigenvalue weighted by Gasteiger charge is -2.45. The van der Waals surface area contributed by atoms with Crippen LogP contribution in [-0.4, -0.2) is 48.3 Å². The van der Waals surface area contributed by atoms with Crippen LogP contribution in [0.1, 0.15) is 120 Å². The Morgan fingerprint density at radius 1 is 0.936 bits per heavy atom. The van der Waals surface area contributed by atoms with Crippen molar-refractivity contribution in [2.75, 3.05) is 13.9 Å². The summed E-state index contributed by atoms with van der Waals surface area (Å²) in [5.74, 6) is 8.41. The van der Waals surface area contributed by atoms with Gasteiger partial charge in [-0.1, -0.05) is 78.7 Å². The summed E-state index contributed by atoms with van der Waals surface area (Å²) in [6.07, 6.45) is 15.4. The van der Waals surface area contributed by atoms with Crippen molar-refractivity contribution in [3.8, 4) is 11.8 Å². The van der Waals surface area contributed by atoms with Crippen LogP contribution in [0, 0.1) is 34.5 Å². The summed E-state index contributed by atoms with van der Waals surface area (Å²) >= 11 is 0. The van der Waals surface area contributed by atoms with Crippen molar-refractivity contribution in [3.63, 3.8) is 0 Å². The van der Waals surface area contributed by atoms with Gasteiger partial charge in [-0.15, -0.1) is 5.92 Å². The minimum Gasteiger partial charge on any atom is -0.413 e. The zero-order valence-electron chi connectivity index (χ0n) is 32.9. The molecule has 0 radical (unpaired) electrons. The molecule has 0 aliphatic heterocycles.